The van der Waals surface area contributed by atoms with Crippen LogP contribution in [-0.4, -0.2) is 56.6 Å². The van der Waals surface area contributed by atoms with Gasteiger partial charge in [0.1, 0.15) is 12.4 Å². The lowest BCUT2D eigenvalue weighted by molar-refractivity contribution is 0.0809. The third kappa shape index (κ3) is 5.49. The van der Waals surface area contributed by atoms with E-state index in [-0.39, 0.29) is 6.61 Å². The lowest BCUT2D eigenvalue weighted by Crippen LogP contribution is -2.26. The Kier molecular flexibility index (Phi) is 7.59. The first-order valence-corrected chi connectivity index (χ1v) is 7.13. The molecule has 0 radical (unpaired) electrons. The van der Waals surface area contributed by atoms with Gasteiger partial charge in [0.2, 0.25) is 0 Å². The number of ether oxygens (including phenoxy) is 2. The van der Waals surface area contributed by atoms with Crippen LogP contribution in [0.3, 0.4) is 0 Å². The minimum atomic E-state index is 0.186. The SMILES string of the molecule is Cc1ccc(C)c(OCCOCCN(C)CCO)c1C. The Morgan fingerprint density at radius 3 is 2.40 bits per heavy atom. The van der Waals surface area contributed by atoms with Gasteiger partial charge in [0.05, 0.1) is 19.8 Å². The zero-order valence-electron chi connectivity index (χ0n) is 13.1. The number of aliphatic hydroxyl groups excluding tert-OH is 1. The summed E-state index contributed by atoms with van der Waals surface area (Å²) in [6.45, 7) is 9.74. The van der Waals surface area contributed by atoms with Crippen LogP contribution >= 0.6 is 0 Å². The van der Waals surface area contributed by atoms with Gasteiger partial charge in [-0.15, -0.1) is 0 Å². The molecule has 20 heavy (non-hydrogen) atoms. The van der Waals surface area contributed by atoms with E-state index in [1.807, 2.05) is 11.9 Å². The highest BCUT2D eigenvalue weighted by Crippen LogP contribution is 2.25. The Bertz CT molecular complexity index is 407. The van der Waals surface area contributed by atoms with Gasteiger partial charge in [-0.25, -0.2) is 0 Å². The Labute approximate surface area is 122 Å². The fourth-order valence-corrected chi connectivity index (χ4v) is 1.96. The summed E-state index contributed by atoms with van der Waals surface area (Å²) in [4.78, 5) is 2.04. The van der Waals surface area contributed by atoms with E-state index < -0.39 is 0 Å². The van der Waals surface area contributed by atoms with E-state index in [0.29, 0.717) is 26.4 Å². The molecule has 0 spiro atoms. The molecule has 0 atom stereocenters. The average Bonchev–Trinajstić information content (AvgIpc) is 2.42. The van der Waals surface area contributed by atoms with Gasteiger partial charge < -0.3 is 19.5 Å². The molecule has 0 bridgehead atoms. The zero-order chi connectivity index (χ0) is 15.0. The van der Waals surface area contributed by atoms with Crippen LogP contribution in [0.5, 0.6) is 5.75 Å². The highest BCUT2D eigenvalue weighted by Gasteiger charge is 2.06. The number of likely N-dealkylation sites (N-methyl/N-ethyl adjacent to an activating group) is 1. The van der Waals surface area contributed by atoms with Crippen molar-refractivity contribution in [1.29, 1.82) is 0 Å². The Morgan fingerprint density at radius 2 is 1.70 bits per heavy atom. The van der Waals surface area contributed by atoms with E-state index in [0.717, 1.165) is 17.9 Å². The lowest BCUT2D eigenvalue weighted by atomic mass is 10.1. The van der Waals surface area contributed by atoms with Crippen molar-refractivity contribution < 1.29 is 14.6 Å². The Morgan fingerprint density at radius 1 is 1.00 bits per heavy atom. The van der Waals surface area contributed by atoms with Crippen LogP contribution in [0.2, 0.25) is 0 Å². The second-order valence-electron chi connectivity index (χ2n) is 5.14. The molecule has 0 aliphatic heterocycles. The lowest BCUT2D eigenvalue weighted by Gasteiger charge is -2.16. The van der Waals surface area contributed by atoms with E-state index in [9.17, 15) is 0 Å². The number of hydrogen-bond acceptors (Lipinski definition) is 4. The fourth-order valence-electron chi connectivity index (χ4n) is 1.96. The van der Waals surface area contributed by atoms with Crippen molar-refractivity contribution in [2.24, 2.45) is 0 Å². The number of hydrogen-bond donors (Lipinski definition) is 1. The predicted molar refractivity (Wildman–Crippen MR) is 81.5 cm³/mol. The Balaban J connectivity index is 2.24. The predicted octanol–water partition coefficient (Wildman–Crippen LogP) is 1.93. The van der Waals surface area contributed by atoms with Crippen LogP contribution in [0, 0.1) is 20.8 Å². The zero-order valence-corrected chi connectivity index (χ0v) is 13.1. The number of aryl methyl sites for hydroxylation is 2. The maximum Gasteiger partial charge on any atom is 0.125 e. The monoisotopic (exact) mass is 281 g/mol. The quantitative estimate of drug-likeness (QED) is 0.702. The summed E-state index contributed by atoms with van der Waals surface area (Å²) in [7, 11) is 1.97. The van der Waals surface area contributed by atoms with Crippen molar-refractivity contribution in [3.05, 3.63) is 28.8 Å². The highest BCUT2D eigenvalue weighted by molar-refractivity contribution is 5.44. The molecule has 0 amide bonds. The van der Waals surface area contributed by atoms with Gasteiger partial charge >= 0.3 is 0 Å². The minimum Gasteiger partial charge on any atom is -0.491 e. The summed E-state index contributed by atoms with van der Waals surface area (Å²) >= 11 is 0. The second-order valence-corrected chi connectivity index (χ2v) is 5.14. The van der Waals surface area contributed by atoms with Crippen molar-refractivity contribution in [3.63, 3.8) is 0 Å². The van der Waals surface area contributed by atoms with Gasteiger partial charge in [-0.2, -0.15) is 0 Å². The summed E-state index contributed by atoms with van der Waals surface area (Å²) < 4.78 is 11.4. The molecule has 0 saturated carbocycles. The maximum absolute atomic E-state index is 8.78. The maximum atomic E-state index is 8.78. The minimum absolute atomic E-state index is 0.186. The molecule has 0 aliphatic carbocycles. The average molecular weight is 281 g/mol. The van der Waals surface area contributed by atoms with Crippen LogP contribution in [0.25, 0.3) is 0 Å². The molecule has 0 aromatic heterocycles. The Hall–Kier alpha value is -1.10. The first-order chi connectivity index (χ1) is 9.56. The van der Waals surface area contributed by atoms with Crippen molar-refractivity contribution in [2.75, 3.05) is 46.6 Å². The third-order valence-corrected chi connectivity index (χ3v) is 3.45. The van der Waals surface area contributed by atoms with Crippen LogP contribution in [0.15, 0.2) is 12.1 Å². The molecular formula is C16H27NO3. The molecule has 0 unspecified atom stereocenters. The van der Waals surface area contributed by atoms with Gasteiger partial charge in [-0.3, -0.25) is 0 Å². The van der Waals surface area contributed by atoms with Crippen LogP contribution in [0.1, 0.15) is 16.7 Å². The van der Waals surface area contributed by atoms with Gasteiger partial charge in [-0.1, -0.05) is 12.1 Å². The molecule has 1 aromatic carbocycles. The second kappa shape index (κ2) is 8.95. The number of rotatable bonds is 9. The van der Waals surface area contributed by atoms with Gasteiger partial charge in [-0.05, 0) is 44.5 Å². The first kappa shape index (κ1) is 17.0. The molecule has 1 rings (SSSR count). The third-order valence-electron chi connectivity index (χ3n) is 3.45. The molecular weight excluding hydrogens is 254 g/mol. The molecule has 0 heterocycles. The molecule has 4 heteroatoms. The fraction of sp³-hybridized carbons (Fsp3) is 0.625. The van der Waals surface area contributed by atoms with Gasteiger partial charge in [0.15, 0.2) is 0 Å². The molecule has 114 valence electrons. The summed E-state index contributed by atoms with van der Waals surface area (Å²) in [6.07, 6.45) is 0. The molecule has 0 aliphatic rings. The van der Waals surface area contributed by atoms with Crippen molar-refractivity contribution in [3.8, 4) is 5.75 Å². The summed E-state index contributed by atoms with van der Waals surface area (Å²) in [6, 6.07) is 4.20. The topological polar surface area (TPSA) is 41.9 Å². The van der Waals surface area contributed by atoms with Crippen molar-refractivity contribution >= 4 is 0 Å². The molecule has 1 aromatic rings. The van der Waals surface area contributed by atoms with E-state index in [4.69, 9.17) is 14.6 Å². The smallest absolute Gasteiger partial charge is 0.125 e. The normalized spacial score (nSPS) is 11.1. The van der Waals surface area contributed by atoms with E-state index >= 15 is 0 Å². The number of aliphatic hydroxyl groups is 1. The van der Waals surface area contributed by atoms with Gasteiger partial charge in [0.25, 0.3) is 0 Å². The van der Waals surface area contributed by atoms with E-state index in [1.165, 1.54) is 11.1 Å². The summed E-state index contributed by atoms with van der Waals surface area (Å²) in [5.41, 5.74) is 3.61. The highest BCUT2D eigenvalue weighted by atomic mass is 16.5. The standard InChI is InChI=1S/C16H27NO3/c1-13-5-6-14(2)16(15(13)3)20-12-11-19-10-8-17(4)7-9-18/h5-6,18H,7-12H2,1-4H3. The molecule has 1 N–H and O–H groups in total. The van der Waals surface area contributed by atoms with Crippen LogP contribution < -0.4 is 4.74 Å². The van der Waals surface area contributed by atoms with Crippen molar-refractivity contribution in [2.45, 2.75) is 20.8 Å². The van der Waals surface area contributed by atoms with Gasteiger partial charge in [0, 0.05) is 13.1 Å². The number of nitrogens with zero attached hydrogens (tertiary/aromatic N) is 1. The van der Waals surface area contributed by atoms with Crippen LogP contribution in [0.4, 0.5) is 0 Å². The summed E-state index contributed by atoms with van der Waals surface area (Å²) in [5.74, 6) is 0.978. The number of benzene rings is 1. The largest absolute Gasteiger partial charge is 0.491 e. The molecule has 0 saturated heterocycles. The van der Waals surface area contributed by atoms with E-state index in [2.05, 4.69) is 32.9 Å². The van der Waals surface area contributed by atoms with Crippen molar-refractivity contribution in [1.82, 2.24) is 4.90 Å². The molecule has 4 nitrogen and oxygen atoms in total. The van der Waals surface area contributed by atoms with E-state index in [1.54, 1.807) is 0 Å². The van der Waals surface area contributed by atoms with Crippen LogP contribution in [-0.2, 0) is 4.74 Å². The summed E-state index contributed by atoms with van der Waals surface area (Å²) in [5, 5.41) is 8.78. The molecule has 0 fully saturated rings. The first-order valence-electron chi connectivity index (χ1n) is 7.13.